The number of piperidine rings is 1. The number of aliphatic hydroxyl groups is 1. The van der Waals surface area contributed by atoms with E-state index in [1.807, 2.05) is 30.5 Å². The van der Waals surface area contributed by atoms with Crippen molar-refractivity contribution in [2.24, 2.45) is 5.41 Å². The zero-order valence-corrected chi connectivity index (χ0v) is 20.9. The summed E-state index contributed by atoms with van der Waals surface area (Å²) in [7, 11) is 0. The summed E-state index contributed by atoms with van der Waals surface area (Å²) in [5.41, 5.74) is 2.44. The van der Waals surface area contributed by atoms with Gasteiger partial charge in [-0.05, 0) is 87.6 Å². The minimum atomic E-state index is -0.300. The number of benzene rings is 1. The van der Waals surface area contributed by atoms with Crippen molar-refractivity contribution in [3.05, 3.63) is 48.2 Å². The number of aromatic nitrogens is 1. The van der Waals surface area contributed by atoms with E-state index in [0.29, 0.717) is 23.6 Å². The van der Waals surface area contributed by atoms with E-state index >= 15 is 0 Å². The summed E-state index contributed by atoms with van der Waals surface area (Å²) in [5, 5.41) is 12.9. The van der Waals surface area contributed by atoms with Crippen LogP contribution in [-0.2, 0) is 4.79 Å². The van der Waals surface area contributed by atoms with Gasteiger partial charge in [0.2, 0.25) is 5.91 Å². The molecule has 4 aliphatic rings. The number of carbonyl (C=O) groups is 2. The summed E-state index contributed by atoms with van der Waals surface area (Å²) < 4.78 is 0. The van der Waals surface area contributed by atoms with Crippen LogP contribution in [0.4, 0.5) is 5.82 Å². The molecule has 2 amide bonds. The maximum absolute atomic E-state index is 13.6. The molecule has 7 nitrogen and oxygen atoms in total. The highest BCUT2D eigenvalue weighted by Gasteiger charge is 2.50. The number of nitrogens with one attached hydrogen (secondary N) is 1. The van der Waals surface area contributed by atoms with Crippen molar-refractivity contribution in [1.82, 2.24) is 15.2 Å². The van der Waals surface area contributed by atoms with Gasteiger partial charge in [0, 0.05) is 49.0 Å². The number of nitrogens with zero attached hydrogens (tertiary/aromatic N) is 3. The third kappa shape index (κ3) is 4.61. The molecule has 36 heavy (non-hydrogen) atoms. The Hall–Kier alpha value is -2.93. The third-order valence-electron chi connectivity index (χ3n) is 8.69. The van der Waals surface area contributed by atoms with Gasteiger partial charge in [-0.2, -0.15) is 0 Å². The van der Waals surface area contributed by atoms with Crippen molar-refractivity contribution in [2.75, 3.05) is 24.5 Å². The van der Waals surface area contributed by atoms with Gasteiger partial charge in [0.05, 0.1) is 11.5 Å². The van der Waals surface area contributed by atoms with Gasteiger partial charge >= 0.3 is 0 Å². The van der Waals surface area contributed by atoms with Crippen molar-refractivity contribution in [2.45, 2.75) is 76.0 Å². The van der Waals surface area contributed by atoms with Crippen LogP contribution >= 0.6 is 0 Å². The quantitative estimate of drug-likeness (QED) is 0.669. The van der Waals surface area contributed by atoms with Crippen LogP contribution in [0, 0.1) is 5.41 Å². The smallest absolute Gasteiger partial charge is 0.251 e. The molecule has 1 unspecified atom stereocenters. The third-order valence-corrected chi connectivity index (χ3v) is 8.69. The van der Waals surface area contributed by atoms with E-state index in [-0.39, 0.29) is 17.4 Å². The number of pyridine rings is 1. The average Bonchev–Trinajstić information content (AvgIpc) is 3.68. The van der Waals surface area contributed by atoms with Crippen LogP contribution in [0.5, 0.6) is 0 Å². The minimum absolute atomic E-state index is 0.00217. The zero-order chi connectivity index (χ0) is 24.7. The van der Waals surface area contributed by atoms with Crippen molar-refractivity contribution in [1.29, 1.82) is 0 Å². The molecular weight excluding hydrogens is 452 g/mol. The number of hydrogen-bond acceptors (Lipinski definition) is 5. The van der Waals surface area contributed by atoms with Gasteiger partial charge in [-0.3, -0.25) is 9.59 Å². The van der Waals surface area contributed by atoms with E-state index in [1.165, 1.54) is 0 Å². The number of likely N-dealkylation sites (tertiary alicyclic amines) is 1. The fraction of sp³-hybridized carbons (Fsp3) is 0.552. The lowest BCUT2D eigenvalue weighted by Gasteiger charge is -2.41. The number of carbonyl (C=O) groups excluding carboxylic acids is 2. The largest absolute Gasteiger partial charge is 0.393 e. The highest BCUT2D eigenvalue weighted by molar-refractivity contribution is 5.95. The first-order chi connectivity index (χ1) is 17.5. The molecule has 1 aromatic carbocycles. The number of aliphatic hydroxyl groups excluding tert-OH is 1. The van der Waals surface area contributed by atoms with Crippen molar-refractivity contribution in [3.8, 4) is 11.1 Å². The second-order valence-corrected chi connectivity index (χ2v) is 11.2. The van der Waals surface area contributed by atoms with E-state index in [0.717, 1.165) is 94.4 Å². The highest BCUT2D eigenvalue weighted by Crippen LogP contribution is 2.43. The SMILES string of the molecule is O=C(NC1CC1)c1ccc(-c2ccc(N3CCCC4(CCN([C@H]5CC[C@H](O)CC5)C4=O)C3)nc2)cc1. The van der Waals surface area contributed by atoms with Crippen molar-refractivity contribution < 1.29 is 14.7 Å². The second kappa shape index (κ2) is 9.51. The van der Waals surface area contributed by atoms with Crippen molar-refractivity contribution >= 4 is 17.6 Å². The number of hydrogen-bond donors (Lipinski definition) is 2. The maximum Gasteiger partial charge on any atom is 0.251 e. The van der Waals surface area contributed by atoms with E-state index in [2.05, 4.69) is 27.2 Å². The summed E-state index contributed by atoms with van der Waals surface area (Å²) in [4.78, 5) is 35.0. The van der Waals surface area contributed by atoms with Crippen LogP contribution in [0.1, 0.15) is 68.1 Å². The molecule has 1 aromatic heterocycles. The second-order valence-electron chi connectivity index (χ2n) is 11.2. The fourth-order valence-electron chi connectivity index (χ4n) is 6.33. The Bertz CT molecular complexity index is 1110. The summed E-state index contributed by atoms with van der Waals surface area (Å²) in [6, 6.07) is 12.5. The molecule has 0 radical (unpaired) electrons. The Morgan fingerprint density at radius 1 is 0.944 bits per heavy atom. The molecule has 4 fully saturated rings. The molecule has 1 spiro atoms. The van der Waals surface area contributed by atoms with E-state index < -0.39 is 0 Å². The minimum Gasteiger partial charge on any atom is -0.393 e. The fourth-order valence-corrected chi connectivity index (χ4v) is 6.33. The molecular formula is C29H36N4O3. The molecule has 0 bridgehead atoms. The molecule has 3 heterocycles. The Kier molecular flexibility index (Phi) is 6.20. The topological polar surface area (TPSA) is 85.8 Å². The normalized spacial score (nSPS) is 28.5. The van der Waals surface area contributed by atoms with Gasteiger partial charge in [0.1, 0.15) is 5.82 Å². The summed E-state index contributed by atoms with van der Waals surface area (Å²) in [6.07, 6.45) is 10.2. The van der Waals surface area contributed by atoms with Crippen LogP contribution in [0.3, 0.4) is 0 Å². The molecule has 2 N–H and O–H groups in total. The standard InChI is InChI=1S/C29H36N4O3/c34-25-11-9-24(10-12-25)33-17-15-29(28(33)36)14-1-16-32(19-29)26-13-6-22(18-30-26)20-2-4-21(5-3-20)27(35)31-23-7-8-23/h2-6,13,18,23-25,34H,1,7-12,14-17,19H2,(H,31,35)/t24-,25-,29?. The van der Waals surface area contributed by atoms with E-state index in [4.69, 9.17) is 4.98 Å². The molecule has 7 heteroatoms. The van der Waals surface area contributed by atoms with Gasteiger partial charge in [0.15, 0.2) is 0 Å². The Labute approximate surface area is 212 Å². The summed E-state index contributed by atoms with van der Waals surface area (Å²) in [5.74, 6) is 1.24. The Balaban J connectivity index is 1.11. The van der Waals surface area contributed by atoms with Gasteiger partial charge in [-0.15, -0.1) is 0 Å². The van der Waals surface area contributed by atoms with Gasteiger partial charge in [-0.25, -0.2) is 4.98 Å². The van der Waals surface area contributed by atoms with Crippen LogP contribution in [-0.4, -0.2) is 64.6 Å². The van der Waals surface area contributed by atoms with Crippen LogP contribution in [0.25, 0.3) is 11.1 Å². The first kappa shape index (κ1) is 23.5. The predicted molar refractivity (Wildman–Crippen MR) is 139 cm³/mol. The molecule has 2 saturated carbocycles. The number of anilines is 1. The monoisotopic (exact) mass is 488 g/mol. The molecule has 2 aliphatic heterocycles. The molecule has 2 saturated heterocycles. The first-order valence-corrected chi connectivity index (χ1v) is 13.6. The number of rotatable bonds is 5. The predicted octanol–water partition coefficient (Wildman–Crippen LogP) is 3.76. The summed E-state index contributed by atoms with van der Waals surface area (Å²) in [6.45, 7) is 2.49. The molecule has 1 atom stereocenters. The highest BCUT2D eigenvalue weighted by atomic mass is 16.3. The van der Waals surface area contributed by atoms with Crippen molar-refractivity contribution in [3.63, 3.8) is 0 Å². The van der Waals surface area contributed by atoms with Crippen LogP contribution < -0.4 is 10.2 Å². The lowest BCUT2D eigenvalue weighted by molar-refractivity contribution is -0.139. The molecule has 2 aliphatic carbocycles. The lowest BCUT2D eigenvalue weighted by Crippen LogP contribution is -2.50. The Morgan fingerprint density at radius 2 is 1.69 bits per heavy atom. The van der Waals surface area contributed by atoms with Gasteiger partial charge < -0.3 is 20.2 Å². The first-order valence-electron chi connectivity index (χ1n) is 13.6. The van der Waals surface area contributed by atoms with E-state index in [9.17, 15) is 14.7 Å². The maximum atomic E-state index is 13.6. The molecule has 2 aromatic rings. The molecule has 190 valence electrons. The molecule has 6 rings (SSSR count). The average molecular weight is 489 g/mol. The van der Waals surface area contributed by atoms with Crippen LogP contribution in [0.2, 0.25) is 0 Å². The Morgan fingerprint density at radius 3 is 2.39 bits per heavy atom. The number of amides is 2. The summed E-state index contributed by atoms with van der Waals surface area (Å²) >= 11 is 0. The van der Waals surface area contributed by atoms with E-state index in [1.54, 1.807) is 0 Å². The van der Waals surface area contributed by atoms with Gasteiger partial charge in [0.25, 0.3) is 5.91 Å². The van der Waals surface area contributed by atoms with Gasteiger partial charge in [-0.1, -0.05) is 12.1 Å². The zero-order valence-electron chi connectivity index (χ0n) is 20.9. The van der Waals surface area contributed by atoms with Crippen LogP contribution in [0.15, 0.2) is 42.6 Å². The lowest BCUT2D eigenvalue weighted by atomic mass is 9.78.